The highest BCUT2D eigenvalue weighted by molar-refractivity contribution is 9.10. The number of aryl methyl sites for hydroxylation is 2. The Hall–Kier alpha value is -1.26. The molecule has 2 rings (SSSR count). The predicted molar refractivity (Wildman–Crippen MR) is 85.5 cm³/mol. The van der Waals surface area contributed by atoms with Gasteiger partial charge in [-0.25, -0.2) is 8.78 Å². The third-order valence-corrected chi connectivity index (χ3v) is 4.31. The standard InChI is InChI=1S/C17H18BrF2N/c1-10-4-5-12(11(2)8-10)16(21-3)9-13-15(19)7-6-14(18)17(13)20/h4-8,16,21H,9H2,1-3H3. The summed E-state index contributed by atoms with van der Waals surface area (Å²) in [5.74, 6) is -1.04. The first-order chi connectivity index (χ1) is 9.93. The molecule has 2 aromatic carbocycles. The van der Waals surface area contributed by atoms with Gasteiger partial charge in [0, 0.05) is 11.6 Å². The fraction of sp³-hybridized carbons (Fsp3) is 0.294. The van der Waals surface area contributed by atoms with Crippen LogP contribution >= 0.6 is 15.9 Å². The Morgan fingerprint density at radius 3 is 2.48 bits per heavy atom. The van der Waals surface area contributed by atoms with Crippen LogP contribution in [0.15, 0.2) is 34.8 Å². The minimum absolute atomic E-state index is 0.101. The van der Waals surface area contributed by atoms with Gasteiger partial charge >= 0.3 is 0 Å². The fourth-order valence-electron chi connectivity index (χ4n) is 2.54. The molecule has 0 aliphatic rings. The summed E-state index contributed by atoms with van der Waals surface area (Å²) in [4.78, 5) is 0. The molecule has 0 bridgehead atoms. The van der Waals surface area contributed by atoms with Gasteiger partial charge in [0.2, 0.25) is 0 Å². The summed E-state index contributed by atoms with van der Waals surface area (Å²) in [6.45, 7) is 4.04. The molecule has 0 heterocycles. The van der Waals surface area contributed by atoms with Crippen molar-refractivity contribution in [2.75, 3.05) is 7.05 Å². The number of halogens is 3. The van der Waals surface area contributed by atoms with Crippen LogP contribution < -0.4 is 5.32 Å². The monoisotopic (exact) mass is 353 g/mol. The Labute approximate surface area is 132 Å². The maximum Gasteiger partial charge on any atom is 0.143 e. The van der Waals surface area contributed by atoms with Crippen LogP contribution in [0.5, 0.6) is 0 Å². The molecule has 4 heteroatoms. The number of hydrogen-bond acceptors (Lipinski definition) is 1. The lowest BCUT2D eigenvalue weighted by Crippen LogP contribution is -2.21. The molecule has 2 aromatic rings. The molecule has 0 aromatic heterocycles. The highest BCUT2D eigenvalue weighted by Crippen LogP contribution is 2.28. The SMILES string of the molecule is CNC(Cc1c(F)ccc(Br)c1F)c1ccc(C)cc1C. The summed E-state index contributed by atoms with van der Waals surface area (Å²) in [7, 11) is 1.80. The molecule has 112 valence electrons. The van der Waals surface area contributed by atoms with E-state index in [9.17, 15) is 8.78 Å². The molecule has 0 radical (unpaired) electrons. The largest absolute Gasteiger partial charge is 0.313 e. The second-order valence-electron chi connectivity index (χ2n) is 5.23. The van der Waals surface area contributed by atoms with Crippen LogP contribution in [-0.2, 0) is 6.42 Å². The van der Waals surface area contributed by atoms with Crippen molar-refractivity contribution in [3.8, 4) is 0 Å². The molecular weight excluding hydrogens is 336 g/mol. The second kappa shape index (κ2) is 6.67. The summed E-state index contributed by atoms with van der Waals surface area (Å²) in [5.41, 5.74) is 3.45. The van der Waals surface area contributed by atoms with Gasteiger partial charge in [-0.1, -0.05) is 23.8 Å². The molecule has 0 saturated carbocycles. The first-order valence-electron chi connectivity index (χ1n) is 6.80. The zero-order valence-corrected chi connectivity index (χ0v) is 13.9. The van der Waals surface area contributed by atoms with Crippen LogP contribution in [0.2, 0.25) is 0 Å². The minimum atomic E-state index is -0.528. The summed E-state index contributed by atoms with van der Waals surface area (Å²) in [6.07, 6.45) is 0.261. The summed E-state index contributed by atoms with van der Waals surface area (Å²) >= 11 is 3.11. The van der Waals surface area contributed by atoms with Crippen LogP contribution in [0.1, 0.15) is 28.3 Å². The summed E-state index contributed by atoms with van der Waals surface area (Å²) in [6, 6.07) is 8.65. The van der Waals surface area contributed by atoms with Gasteiger partial charge in [0.05, 0.1) is 4.47 Å². The van der Waals surface area contributed by atoms with Crippen LogP contribution in [0.4, 0.5) is 8.78 Å². The lowest BCUT2D eigenvalue weighted by Gasteiger charge is -2.20. The van der Waals surface area contributed by atoms with Crippen LogP contribution in [-0.4, -0.2) is 7.05 Å². The maximum atomic E-state index is 14.1. The van der Waals surface area contributed by atoms with Crippen molar-refractivity contribution in [1.82, 2.24) is 5.32 Å². The van der Waals surface area contributed by atoms with E-state index < -0.39 is 11.6 Å². The van der Waals surface area contributed by atoms with Gasteiger partial charge in [0.25, 0.3) is 0 Å². The van der Waals surface area contributed by atoms with E-state index in [1.165, 1.54) is 17.7 Å². The molecule has 0 aliphatic carbocycles. The van der Waals surface area contributed by atoms with Gasteiger partial charge in [-0.05, 0) is 66.5 Å². The molecule has 1 atom stereocenters. The summed E-state index contributed by atoms with van der Waals surface area (Å²) < 4.78 is 28.3. The molecule has 1 nitrogen and oxygen atoms in total. The van der Waals surface area contributed by atoms with Crippen molar-refractivity contribution in [2.24, 2.45) is 0 Å². The lowest BCUT2D eigenvalue weighted by atomic mass is 9.94. The first kappa shape index (κ1) is 16.1. The Morgan fingerprint density at radius 1 is 1.14 bits per heavy atom. The van der Waals surface area contributed by atoms with Gasteiger partial charge < -0.3 is 5.32 Å². The zero-order valence-electron chi connectivity index (χ0n) is 12.3. The summed E-state index contributed by atoms with van der Waals surface area (Å²) in [5, 5.41) is 3.15. The maximum absolute atomic E-state index is 14.1. The molecule has 21 heavy (non-hydrogen) atoms. The van der Waals surface area contributed by atoms with E-state index in [1.807, 2.05) is 26.0 Å². The van der Waals surface area contributed by atoms with Gasteiger partial charge in [-0.3, -0.25) is 0 Å². The number of hydrogen-bond donors (Lipinski definition) is 1. The van der Waals surface area contributed by atoms with E-state index in [4.69, 9.17) is 0 Å². The minimum Gasteiger partial charge on any atom is -0.313 e. The van der Waals surface area contributed by atoms with E-state index in [2.05, 4.69) is 27.3 Å². The van der Waals surface area contributed by atoms with Gasteiger partial charge in [-0.15, -0.1) is 0 Å². The predicted octanol–water partition coefficient (Wildman–Crippen LogP) is 4.85. The van der Waals surface area contributed by atoms with Crippen molar-refractivity contribution in [1.29, 1.82) is 0 Å². The van der Waals surface area contributed by atoms with Crippen molar-refractivity contribution < 1.29 is 8.78 Å². The van der Waals surface area contributed by atoms with E-state index >= 15 is 0 Å². The van der Waals surface area contributed by atoms with Crippen molar-refractivity contribution in [3.63, 3.8) is 0 Å². The lowest BCUT2D eigenvalue weighted by molar-refractivity contribution is 0.511. The molecule has 0 saturated heterocycles. The highest BCUT2D eigenvalue weighted by atomic mass is 79.9. The Morgan fingerprint density at radius 2 is 1.86 bits per heavy atom. The van der Waals surface area contributed by atoms with Crippen LogP contribution in [0.3, 0.4) is 0 Å². The normalized spacial score (nSPS) is 12.5. The Balaban J connectivity index is 2.38. The van der Waals surface area contributed by atoms with E-state index in [-0.39, 0.29) is 22.5 Å². The number of nitrogens with one attached hydrogen (secondary N) is 1. The van der Waals surface area contributed by atoms with Crippen molar-refractivity contribution in [2.45, 2.75) is 26.3 Å². The smallest absolute Gasteiger partial charge is 0.143 e. The molecule has 0 aliphatic heterocycles. The topological polar surface area (TPSA) is 12.0 Å². The van der Waals surface area contributed by atoms with E-state index in [0.717, 1.165) is 11.1 Å². The third kappa shape index (κ3) is 3.50. The van der Waals surface area contributed by atoms with E-state index in [1.54, 1.807) is 7.05 Å². The van der Waals surface area contributed by atoms with Crippen LogP contribution in [0, 0.1) is 25.5 Å². The Kier molecular flexibility index (Phi) is 5.12. The average molecular weight is 354 g/mol. The molecule has 0 amide bonds. The molecule has 1 unspecified atom stereocenters. The van der Waals surface area contributed by atoms with E-state index in [0.29, 0.717) is 0 Å². The number of likely N-dealkylation sites (N-methyl/N-ethyl adjacent to an activating group) is 1. The molecule has 0 spiro atoms. The number of benzene rings is 2. The van der Waals surface area contributed by atoms with Crippen LogP contribution in [0.25, 0.3) is 0 Å². The zero-order chi connectivity index (χ0) is 15.6. The third-order valence-electron chi connectivity index (χ3n) is 3.70. The molecular formula is C17H18BrF2N. The van der Waals surface area contributed by atoms with Gasteiger partial charge in [0.15, 0.2) is 0 Å². The number of rotatable bonds is 4. The highest BCUT2D eigenvalue weighted by Gasteiger charge is 2.19. The van der Waals surface area contributed by atoms with Crippen molar-refractivity contribution >= 4 is 15.9 Å². The quantitative estimate of drug-likeness (QED) is 0.775. The fourth-order valence-corrected chi connectivity index (χ4v) is 2.92. The second-order valence-corrected chi connectivity index (χ2v) is 6.08. The van der Waals surface area contributed by atoms with Crippen molar-refractivity contribution in [3.05, 3.63) is 68.7 Å². The van der Waals surface area contributed by atoms with Gasteiger partial charge in [-0.2, -0.15) is 0 Å². The Bertz CT molecular complexity index is 655. The average Bonchev–Trinajstić information content (AvgIpc) is 2.44. The first-order valence-corrected chi connectivity index (χ1v) is 7.60. The molecule has 0 fully saturated rings. The molecule has 1 N–H and O–H groups in total. The van der Waals surface area contributed by atoms with Gasteiger partial charge in [0.1, 0.15) is 11.6 Å².